The highest BCUT2D eigenvalue weighted by Crippen LogP contribution is 2.27. The van der Waals surface area contributed by atoms with Crippen LogP contribution in [0.25, 0.3) is 0 Å². The molecule has 20 heavy (non-hydrogen) atoms. The van der Waals surface area contributed by atoms with Gasteiger partial charge in [-0.25, -0.2) is 0 Å². The van der Waals surface area contributed by atoms with Gasteiger partial charge in [-0.2, -0.15) is 0 Å². The molecular formula is C19H33N. The summed E-state index contributed by atoms with van der Waals surface area (Å²) in [5.74, 6) is 1.46. The summed E-state index contributed by atoms with van der Waals surface area (Å²) in [4.78, 5) is 0. The van der Waals surface area contributed by atoms with Crippen molar-refractivity contribution in [3.8, 4) is 0 Å². The first-order chi connectivity index (χ1) is 9.62. The molecule has 0 bridgehead atoms. The van der Waals surface area contributed by atoms with Gasteiger partial charge in [-0.3, -0.25) is 0 Å². The largest absolute Gasteiger partial charge is 0.313 e. The van der Waals surface area contributed by atoms with E-state index in [0.29, 0.717) is 12.0 Å². The van der Waals surface area contributed by atoms with Crippen LogP contribution in [-0.2, 0) is 0 Å². The fraction of sp³-hybridized carbons (Fsp3) is 0.684. The molecule has 0 spiro atoms. The van der Waals surface area contributed by atoms with Gasteiger partial charge in [0, 0.05) is 6.04 Å². The molecule has 0 radical (unpaired) electrons. The molecule has 1 nitrogen and oxygen atoms in total. The van der Waals surface area contributed by atoms with Crippen molar-refractivity contribution in [3.63, 3.8) is 0 Å². The quantitative estimate of drug-likeness (QED) is 0.611. The molecule has 2 atom stereocenters. The van der Waals surface area contributed by atoms with Gasteiger partial charge in [0.25, 0.3) is 0 Å². The predicted molar refractivity (Wildman–Crippen MR) is 90.3 cm³/mol. The van der Waals surface area contributed by atoms with Crippen LogP contribution in [0.1, 0.15) is 82.9 Å². The summed E-state index contributed by atoms with van der Waals surface area (Å²) in [7, 11) is 2.09. The third-order valence-corrected chi connectivity index (χ3v) is 4.47. The highest BCUT2D eigenvalue weighted by Gasteiger charge is 2.15. The van der Waals surface area contributed by atoms with Gasteiger partial charge in [0.2, 0.25) is 0 Å². The van der Waals surface area contributed by atoms with Crippen molar-refractivity contribution in [2.45, 2.75) is 71.8 Å². The highest BCUT2D eigenvalue weighted by molar-refractivity contribution is 5.26. The van der Waals surface area contributed by atoms with E-state index in [1.165, 1.54) is 43.2 Å². The Morgan fingerprint density at radius 2 is 1.60 bits per heavy atom. The zero-order valence-corrected chi connectivity index (χ0v) is 14.1. The van der Waals surface area contributed by atoms with Crippen LogP contribution >= 0.6 is 0 Å². The Balaban J connectivity index is 2.69. The van der Waals surface area contributed by atoms with Crippen LogP contribution in [0, 0.1) is 5.92 Å². The maximum Gasteiger partial charge on any atom is 0.0320 e. The van der Waals surface area contributed by atoms with Crippen molar-refractivity contribution in [2.75, 3.05) is 7.05 Å². The van der Waals surface area contributed by atoms with Crippen molar-refractivity contribution in [2.24, 2.45) is 5.92 Å². The predicted octanol–water partition coefficient (Wildman–Crippen LogP) is 5.68. The second kappa shape index (κ2) is 9.18. The summed E-state index contributed by atoms with van der Waals surface area (Å²) in [6, 6.07) is 9.69. The summed E-state index contributed by atoms with van der Waals surface area (Å²) in [6.45, 7) is 9.12. The van der Waals surface area contributed by atoms with Gasteiger partial charge in [0.15, 0.2) is 0 Å². The summed E-state index contributed by atoms with van der Waals surface area (Å²) < 4.78 is 0. The highest BCUT2D eigenvalue weighted by atomic mass is 14.9. The molecular weight excluding hydrogens is 242 g/mol. The monoisotopic (exact) mass is 275 g/mol. The molecule has 0 aliphatic rings. The van der Waals surface area contributed by atoms with Crippen LogP contribution in [0.4, 0.5) is 0 Å². The smallest absolute Gasteiger partial charge is 0.0320 e. The molecule has 0 heterocycles. The lowest BCUT2D eigenvalue weighted by atomic mass is 9.88. The molecule has 0 saturated carbocycles. The SMILES string of the molecule is CCCCC(CC)CC(NC)c1ccc(C(C)C)cc1. The van der Waals surface area contributed by atoms with E-state index in [1.54, 1.807) is 0 Å². The second-order valence-electron chi connectivity index (χ2n) is 6.31. The molecule has 0 saturated heterocycles. The minimum atomic E-state index is 0.498. The lowest BCUT2D eigenvalue weighted by molar-refractivity contribution is 0.365. The lowest BCUT2D eigenvalue weighted by Crippen LogP contribution is -2.20. The van der Waals surface area contributed by atoms with Crippen molar-refractivity contribution < 1.29 is 0 Å². The molecule has 1 aromatic rings. The van der Waals surface area contributed by atoms with Gasteiger partial charge >= 0.3 is 0 Å². The van der Waals surface area contributed by atoms with Crippen molar-refractivity contribution in [1.82, 2.24) is 5.32 Å². The van der Waals surface area contributed by atoms with E-state index < -0.39 is 0 Å². The Hall–Kier alpha value is -0.820. The normalized spacial score (nSPS) is 14.5. The minimum Gasteiger partial charge on any atom is -0.313 e. The first-order valence-electron chi connectivity index (χ1n) is 8.39. The average molecular weight is 275 g/mol. The van der Waals surface area contributed by atoms with Crippen molar-refractivity contribution >= 4 is 0 Å². The minimum absolute atomic E-state index is 0.498. The fourth-order valence-corrected chi connectivity index (χ4v) is 2.85. The zero-order valence-electron chi connectivity index (χ0n) is 14.1. The maximum atomic E-state index is 3.51. The van der Waals surface area contributed by atoms with Crippen LogP contribution in [0.15, 0.2) is 24.3 Å². The summed E-state index contributed by atoms with van der Waals surface area (Å²) in [5, 5.41) is 3.51. The molecule has 0 aromatic heterocycles. The van der Waals surface area contributed by atoms with Crippen LogP contribution in [0.2, 0.25) is 0 Å². The molecule has 1 aromatic carbocycles. The van der Waals surface area contributed by atoms with E-state index >= 15 is 0 Å². The number of benzene rings is 1. The van der Waals surface area contributed by atoms with Crippen LogP contribution < -0.4 is 5.32 Å². The van der Waals surface area contributed by atoms with Crippen LogP contribution in [0.5, 0.6) is 0 Å². The zero-order chi connectivity index (χ0) is 15.0. The van der Waals surface area contributed by atoms with E-state index in [4.69, 9.17) is 0 Å². The first kappa shape index (κ1) is 17.2. The van der Waals surface area contributed by atoms with Gasteiger partial charge in [-0.1, -0.05) is 77.6 Å². The summed E-state index contributed by atoms with van der Waals surface area (Å²) in [5.41, 5.74) is 2.87. The molecule has 0 amide bonds. The fourth-order valence-electron chi connectivity index (χ4n) is 2.85. The Kier molecular flexibility index (Phi) is 7.91. The number of hydrogen-bond acceptors (Lipinski definition) is 1. The van der Waals surface area contributed by atoms with E-state index in [-0.39, 0.29) is 0 Å². The van der Waals surface area contributed by atoms with Crippen molar-refractivity contribution in [3.05, 3.63) is 35.4 Å². The van der Waals surface area contributed by atoms with Gasteiger partial charge in [-0.05, 0) is 36.4 Å². The third-order valence-electron chi connectivity index (χ3n) is 4.47. The van der Waals surface area contributed by atoms with Gasteiger partial charge in [0.1, 0.15) is 0 Å². The summed E-state index contributed by atoms with van der Waals surface area (Å²) >= 11 is 0. The van der Waals surface area contributed by atoms with Gasteiger partial charge in [-0.15, -0.1) is 0 Å². The molecule has 2 unspecified atom stereocenters. The number of rotatable bonds is 9. The average Bonchev–Trinajstić information content (AvgIpc) is 2.48. The first-order valence-corrected chi connectivity index (χ1v) is 8.39. The topological polar surface area (TPSA) is 12.0 Å². The van der Waals surface area contributed by atoms with Crippen LogP contribution in [0.3, 0.4) is 0 Å². The molecule has 114 valence electrons. The van der Waals surface area contributed by atoms with Crippen molar-refractivity contribution in [1.29, 1.82) is 0 Å². The Bertz CT molecular complexity index is 353. The summed E-state index contributed by atoms with van der Waals surface area (Å²) in [6.07, 6.45) is 6.59. The molecule has 0 aliphatic carbocycles. The van der Waals surface area contributed by atoms with Crippen LogP contribution in [-0.4, -0.2) is 7.05 Å². The molecule has 0 aliphatic heterocycles. The second-order valence-corrected chi connectivity index (χ2v) is 6.31. The molecule has 0 fully saturated rings. The number of unbranched alkanes of at least 4 members (excludes halogenated alkanes) is 1. The Labute approximate surface area is 126 Å². The van der Waals surface area contributed by atoms with E-state index in [0.717, 1.165) is 5.92 Å². The standard InChI is InChI=1S/C19H33N/c1-6-8-9-16(7-2)14-19(20-5)18-12-10-17(11-13-18)15(3)4/h10-13,15-16,19-20H,6-9,14H2,1-5H3. The lowest BCUT2D eigenvalue weighted by Gasteiger charge is -2.23. The van der Waals surface area contributed by atoms with E-state index in [9.17, 15) is 0 Å². The number of nitrogens with one attached hydrogen (secondary N) is 1. The van der Waals surface area contributed by atoms with E-state index in [1.807, 2.05) is 0 Å². The molecule has 1 N–H and O–H groups in total. The maximum absolute atomic E-state index is 3.51. The number of hydrogen-bond donors (Lipinski definition) is 1. The van der Waals surface area contributed by atoms with Gasteiger partial charge < -0.3 is 5.32 Å². The van der Waals surface area contributed by atoms with Gasteiger partial charge in [0.05, 0.1) is 0 Å². The molecule has 1 rings (SSSR count). The Morgan fingerprint density at radius 3 is 2.05 bits per heavy atom. The van der Waals surface area contributed by atoms with E-state index in [2.05, 4.69) is 64.3 Å². The Morgan fingerprint density at radius 1 is 1.00 bits per heavy atom. The molecule has 1 heteroatoms. The third kappa shape index (κ3) is 5.28.